The zero-order chi connectivity index (χ0) is 28.8. The van der Waals surface area contributed by atoms with E-state index in [2.05, 4.69) is 15.6 Å². The van der Waals surface area contributed by atoms with Crippen LogP contribution in [0.1, 0.15) is 24.4 Å². The third-order valence-corrected chi connectivity index (χ3v) is 7.06. The number of amides is 2. The number of hydrogen-bond donors (Lipinski definition) is 1. The first-order chi connectivity index (χ1) is 20.0. The summed E-state index contributed by atoms with van der Waals surface area (Å²) < 4.78 is 23.7. The molecule has 1 aliphatic heterocycles. The van der Waals surface area contributed by atoms with Crippen molar-refractivity contribution in [1.82, 2.24) is 20.3 Å². The van der Waals surface area contributed by atoms with Crippen molar-refractivity contribution in [2.45, 2.75) is 31.5 Å². The zero-order valence-corrected chi connectivity index (χ0v) is 23.3. The number of carbonyl (C=O) groups excluding carboxylic acids is 2. The van der Waals surface area contributed by atoms with Crippen molar-refractivity contribution in [3.05, 3.63) is 72.3 Å². The summed E-state index contributed by atoms with van der Waals surface area (Å²) in [5, 5.41) is 11.4. The summed E-state index contributed by atoms with van der Waals surface area (Å²) >= 11 is 0. The number of anilines is 1. The molecule has 214 valence electrons. The molecule has 0 aliphatic carbocycles. The Labute approximate surface area is 237 Å². The van der Waals surface area contributed by atoms with Crippen LogP contribution in [0.3, 0.4) is 0 Å². The number of hydrogen-bond acceptors (Lipinski definition) is 8. The van der Waals surface area contributed by atoms with Crippen LogP contribution in [0.4, 0.5) is 5.69 Å². The van der Waals surface area contributed by atoms with E-state index < -0.39 is 6.04 Å². The zero-order valence-electron chi connectivity index (χ0n) is 23.3. The lowest BCUT2D eigenvalue weighted by Crippen LogP contribution is -2.46. The fraction of sp³-hybridized carbons (Fsp3) is 0.333. The van der Waals surface area contributed by atoms with Crippen molar-refractivity contribution < 1.29 is 28.5 Å². The molecule has 3 aromatic carbocycles. The summed E-state index contributed by atoms with van der Waals surface area (Å²) in [6.45, 7) is 0.845. The van der Waals surface area contributed by atoms with Crippen molar-refractivity contribution in [3.63, 3.8) is 0 Å². The third-order valence-electron chi connectivity index (χ3n) is 7.06. The summed E-state index contributed by atoms with van der Waals surface area (Å²) in [5.41, 5.74) is 2.38. The molecule has 1 fully saturated rings. The molecule has 1 saturated heterocycles. The van der Waals surface area contributed by atoms with Crippen LogP contribution in [0.25, 0.3) is 11.0 Å². The van der Waals surface area contributed by atoms with Crippen molar-refractivity contribution in [3.8, 4) is 17.2 Å². The van der Waals surface area contributed by atoms with E-state index in [-0.39, 0.29) is 24.5 Å². The maximum Gasteiger partial charge on any atom is 0.249 e. The van der Waals surface area contributed by atoms with Crippen molar-refractivity contribution in [2.24, 2.45) is 0 Å². The number of benzene rings is 3. The summed E-state index contributed by atoms with van der Waals surface area (Å²) in [4.78, 5) is 29.7. The van der Waals surface area contributed by atoms with Crippen LogP contribution in [0, 0.1) is 0 Å². The lowest BCUT2D eigenvalue weighted by molar-refractivity contribution is -0.127. The van der Waals surface area contributed by atoms with Crippen molar-refractivity contribution in [1.29, 1.82) is 0 Å². The van der Waals surface area contributed by atoms with Gasteiger partial charge in [-0.15, -0.1) is 5.10 Å². The second-order valence-corrected chi connectivity index (χ2v) is 9.60. The number of para-hydroxylation sites is 1. The Hall–Kier alpha value is -4.64. The number of ether oxygens (including phenoxy) is 4. The quantitative estimate of drug-likeness (QED) is 0.297. The molecule has 41 heavy (non-hydrogen) atoms. The Kier molecular flexibility index (Phi) is 8.64. The van der Waals surface area contributed by atoms with Crippen LogP contribution in [0.5, 0.6) is 17.2 Å². The van der Waals surface area contributed by atoms with E-state index in [0.29, 0.717) is 52.7 Å². The minimum absolute atomic E-state index is 0.0725. The van der Waals surface area contributed by atoms with E-state index >= 15 is 0 Å². The fourth-order valence-electron chi connectivity index (χ4n) is 5.00. The lowest BCUT2D eigenvalue weighted by atomic mass is 10.0. The monoisotopic (exact) mass is 559 g/mol. The average molecular weight is 560 g/mol. The maximum absolute atomic E-state index is 14.3. The highest BCUT2D eigenvalue weighted by atomic mass is 16.5. The van der Waals surface area contributed by atoms with Crippen LogP contribution < -0.4 is 24.4 Å². The SMILES string of the molecule is COc1cccc([C@H](C(=O)NC[C@@H]2CCCO2)N(C(=O)Cn2nnc3ccccc32)c2ccc(OC)c(OC)c2)c1. The topological polar surface area (TPSA) is 117 Å². The largest absolute Gasteiger partial charge is 0.497 e. The predicted molar refractivity (Wildman–Crippen MR) is 152 cm³/mol. The molecule has 1 N–H and O–H groups in total. The highest BCUT2D eigenvalue weighted by molar-refractivity contribution is 6.01. The van der Waals surface area contributed by atoms with Gasteiger partial charge in [0.25, 0.3) is 0 Å². The van der Waals surface area contributed by atoms with Gasteiger partial charge < -0.3 is 24.3 Å². The molecule has 1 aromatic heterocycles. The van der Waals surface area contributed by atoms with Gasteiger partial charge in [-0.05, 0) is 54.8 Å². The molecule has 1 aliphatic rings. The van der Waals surface area contributed by atoms with Gasteiger partial charge >= 0.3 is 0 Å². The Morgan fingerprint density at radius 1 is 1.02 bits per heavy atom. The normalized spacial score (nSPS) is 15.3. The molecule has 5 rings (SSSR count). The summed E-state index contributed by atoms with van der Waals surface area (Å²) in [6, 6.07) is 18.6. The first-order valence-electron chi connectivity index (χ1n) is 13.4. The Morgan fingerprint density at radius 2 is 1.85 bits per heavy atom. The second kappa shape index (κ2) is 12.7. The minimum atomic E-state index is -1.05. The first-order valence-corrected chi connectivity index (χ1v) is 13.4. The van der Waals surface area contributed by atoms with E-state index in [4.69, 9.17) is 18.9 Å². The predicted octanol–water partition coefficient (Wildman–Crippen LogP) is 3.53. The number of nitrogens with zero attached hydrogens (tertiary/aromatic N) is 4. The fourth-order valence-corrected chi connectivity index (χ4v) is 5.00. The third kappa shape index (κ3) is 6.09. The van der Waals surface area contributed by atoms with Gasteiger partial charge in [0.15, 0.2) is 11.5 Å². The number of methoxy groups -OCH3 is 3. The molecular weight excluding hydrogens is 526 g/mol. The Morgan fingerprint density at radius 3 is 2.61 bits per heavy atom. The van der Waals surface area contributed by atoms with E-state index in [9.17, 15) is 9.59 Å². The number of nitrogens with one attached hydrogen (secondary N) is 1. The van der Waals surface area contributed by atoms with Gasteiger partial charge in [-0.25, -0.2) is 4.68 Å². The first kappa shape index (κ1) is 27.9. The lowest BCUT2D eigenvalue weighted by Gasteiger charge is -2.32. The highest BCUT2D eigenvalue weighted by Gasteiger charge is 2.34. The second-order valence-electron chi connectivity index (χ2n) is 9.60. The number of fused-ring (bicyclic) bond motifs is 1. The van der Waals surface area contributed by atoms with Crippen LogP contribution in [0.15, 0.2) is 66.7 Å². The number of rotatable bonds is 11. The summed E-state index contributed by atoms with van der Waals surface area (Å²) in [7, 11) is 4.61. The smallest absolute Gasteiger partial charge is 0.249 e. The molecule has 0 saturated carbocycles. The average Bonchev–Trinajstić information content (AvgIpc) is 3.68. The molecule has 11 heteroatoms. The van der Waals surface area contributed by atoms with Crippen molar-refractivity contribution >= 4 is 28.5 Å². The standard InChI is InChI=1S/C30H33N5O6/c1-38-22-9-6-8-20(16-22)29(30(37)31-18-23-10-7-15-41-23)35(21-13-14-26(39-2)27(17-21)40-3)28(36)19-34-25-12-5-4-11-24(25)32-33-34/h4-6,8-9,11-14,16-17,23,29H,7,10,15,18-19H2,1-3H3,(H,31,37)/t23-,29+/m0/s1. The number of carbonyl (C=O) groups is 2. The van der Waals surface area contributed by atoms with E-state index in [1.165, 1.54) is 23.8 Å². The Bertz CT molecular complexity index is 1520. The van der Waals surface area contributed by atoms with Crippen LogP contribution >= 0.6 is 0 Å². The highest BCUT2D eigenvalue weighted by Crippen LogP contribution is 2.36. The molecular formula is C30H33N5O6. The van der Waals surface area contributed by atoms with E-state index in [1.54, 1.807) is 49.6 Å². The minimum Gasteiger partial charge on any atom is -0.497 e. The van der Waals surface area contributed by atoms with Crippen LogP contribution in [0.2, 0.25) is 0 Å². The molecule has 0 spiro atoms. The maximum atomic E-state index is 14.3. The summed E-state index contributed by atoms with van der Waals surface area (Å²) in [5.74, 6) is 0.722. The molecule has 2 atom stereocenters. The van der Waals surface area contributed by atoms with Gasteiger partial charge in [0, 0.05) is 24.9 Å². The molecule has 0 unspecified atom stereocenters. The van der Waals surface area contributed by atoms with Crippen LogP contribution in [-0.2, 0) is 20.9 Å². The van der Waals surface area contributed by atoms with E-state index in [1.807, 2.05) is 24.3 Å². The van der Waals surface area contributed by atoms with Gasteiger partial charge in [-0.3, -0.25) is 14.5 Å². The van der Waals surface area contributed by atoms with Gasteiger partial charge in [0.2, 0.25) is 11.8 Å². The van der Waals surface area contributed by atoms with Gasteiger partial charge in [0.1, 0.15) is 23.9 Å². The molecule has 4 aromatic rings. The molecule has 0 bridgehead atoms. The molecule has 2 heterocycles. The number of aromatic nitrogens is 3. The molecule has 0 radical (unpaired) electrons. The van der Waals surface area contributed by atoms with E-state index in [0.717, 1.165) is 12.8 Å². The molecule has 11 nitrogen and oxygen atoms in total. The van der Waals surface area contributed by atoms with Crippen molar-refractivity contribution in [2.75, 3.05) is 39.4 Å². The Balaban J connectivity index is 1.59. The van der Waals surface area contributed by atoms with Gasteiger partial charge in [0.05, 0.1) is 33.0 Å². The summed E-state index contributed by atoms with van der Waals surface area (Å²) in [6.07, 6.45) is 1.74. The molecule has 2 amide bonds. The van der Waals surface area contributed by atoms with Gasteiger partial charge in [-0.1, -0.05) is 29.5 Å². The van der Waals surface area contributed by atoms with Crippen LogP contribution in [-0.4, -0.2) is 67.4 Å². The van der Waals surface area contributed by atoms with Gasteiger partial charge in [-0.2, -0.15) is 0 Å².